The first-order valence-corrected chi connectivity index (χ1v) is 21.1. The first-order chi connectivity index (χ1) is 31.9. The van der Waals surface area contributed by atoms with Crippen molar-refractivity contribution >= 4 is 23.1 Å². The number of carbonyl (C=O) groups is 4. The first kappa shape index (κ1) is 47.1. The Kier molecular flexibility index (Phi) is 16.3. The number of rotatable bonds is 13. The van der Waals surface area contributed by atoms with E-state index in [1.54, 1.807) is 143 Å². The van der Waals surface area contributed by atoms with Gasteiger partial charge in [0.05, 0.1) is 21.3 Å². The molecule has 8 aromatic rings. The lowest BCUT2D eigenvalue weighted by molar-refractivity contribution is 0.102. The molecule has 0 aliphatic carbocycles. The van der Waals surface area contributed by atoms with E-state index in [1.807, 2.05) is 93.6 Å². The van der Waals surface area contributed by atoms with E-state index in [0.29, 0.717) is 56.0 Å². The first-order valence-electron chi connectivity index (χ1n) is 21.1. The van der Waals surface area contributed by atoms with E-state index in [0.717, 1.165) is 28.4 Å². The Bertz CT molecular complexity index is 2850. The maximum Gasteiger partial charge on any atom is 0.193 e. The van der Waals surface area contributed by atoms with Gasteiger partial charge >= 0.3 is 0 Å². The fourth-order valence-corrected chi connectivity index (χ4v) is 6.49. The van der Waals surface area contributed by atoms with Gasteiger partial charge in [-0.25, -0.2) is 0 Å². The van der Waals surface area contributed by atoms with E-state index in [-0.39, 0.29) is 23.1 Å². The number of ether oxygens (including phenoxy) is 4. The van der Waals surface area contributed by atoms with Gasteiger partial charge in [-0.15, -0.1) is 0 Å². The van der Waals surface area contributed by atoms with Crippen molar-refractivity contribution in [1.29, 1.82) is 0 Å². The summed E-state index contributed by atoms with van der Waals surface area (Å²) in [6, 6.07) is 58.0. The second kappa shape index (κ2) is 22.8. The lowest BCUT2D eigenvalue weighted by Gasteiger charge is -2.07. The Morgan fingerprint density at radius 3 is 0.606 bits per heavy atom. The molecule has 66 heavy (non-hydrogen) atoms. The standard InChI is InChI=1S/C22H18O3.C21H18O3.C15H14O2/c1-15-3-5-16(6-4-15)21(23)17-7-9-18(10-8-17)22(24)19-11-13-20(25-2)14-12-19;1-15-3-9-19(10-4-15)24-20-13-7-17(8-14-20)21(22)16-5-11-18(23-2)12-6-16;1-11-3-5-12(6-4-11)15(16)13-7-9-14(17-2)10-8-13/h3-14H,1-2H3;3-14H,1-2H3;3-10H,1-2H3. The van der Waals surface area contributed by atoms with Crippen molar-refractivity contribution in [1.82, 2.24) is 0 Å². The number of hydrogen-bond acceptors (Lipinski definition) is 8. The maximum atomic E-state index is 12.5. The van der Waals surface area contributed by atoms with Gasteiger partial charge in [-0.1, -0.05) is 102 Å². The maximum absolute atomic E-state index is 12.5. The van der Waals surface area contributed by atoms with Crippen molar-refractivity contribution in [2.45, 2.75) is 20.8 Å². The van der Waals surface area contributed by atoms with Crippen LogP contribution in [0.25, 0.3) is 0 Å². The molecule has 0 aromatic heterocycles. The Morgan fingerprint density at radius 1 is 0.242 bits per heavy atom. The Morgan fingerprint density at radius 2 is 0.394 bits per heavy atom. The highest BCUT2D eigenvalue weighted by molar-refractivity contribution is 6.12. The Labute approximate surface area is 386 Å². The summed E-state index contributed by atoms with van der Waals surface area (Å²) in [6.07, 6.45) is 0. The van der Waals surface area contributed by atoms with E-state index < -0.39 is 0 Å². The van der Waals surface area contributed by atoms with Gasteiger partial charge in [-0.3, -0.25) is 19.2 Å². The van der Waals surface area contributed by atoms with Crippen LogP contribution in [0, 0.1) is 20.8 Å². The van der Waals surface area contributed by atoms with Crippen molar-refractivity contribution in [3.8, 4) is 28.7 Å². The number of aryl methyl sites for hydroxylation is 3. The summed E-state index contributed by atoms with van der Waals surface area (Å²) < 4.78 is 21.0. The predicted molar refractivity (Wildman–Crippen MR) is 259 cm³/mol. The zero-order chi connectivity index (χ0) is 47.0. The minimum atomic E-state index is -0.0861. The normalized spacial score (nSPS) is 10.2. The molecule has 0 N–H and O–H groups in total. The largest absolute Gasteiger partial charge is 0.497 e. The molecule has 0 aliphatic rings. The second-order valence-corrected chi connectivity index (χ2v) is 15.3. The highest BCUT2D eigenvalue weighted by atomic mass is 16.5. The summed E-state index contributed by atoms with van der Waals surface area (Å²) in [6.45, 7) is 6.01. The molecule has 8 rings (SSSR count). The molecule has 0 saturated heterocycles. The molecule has 8 nitrogen and oxygen atoms in total. The Hall–Kier alpha value is -8.36. The third kappa shape index (κ3) is 12.9. The lowest BCUT2D eigenvalue weighted by atomic mass is 9.98. The fraction of sp³-hybridized carbons (Fsp3) is 0.103. The molecule has 0 saturated carbocycles. The Balaban J connectivity index is 0.000000167. The van der Waals surface area contributed by atoms with Crippen LogP contribution in [-0.2, 0) is 0 Å². The van der Waals surface area contributed by atoms with Crippen molar-refractivity contribution in [2.75, 3.05) is 21.3 Å². The minimum Gasteiger partial charge on any atom is -0.497 e. The van der Waals surface area contributed by atoms with E-state index in [1.165, 1.54) is 5.56 Å². The number of carbonyl (C=O) groups excluding carboxylic acids is 4. The van der Waals surface area contributed by atoms with Crippen molar-refractivity contribution < 1.29 is 38.1 Å². The van der Waals surface area contributed by atoms with E-state index in [9.17, 15) is 19.2 Å². The van der Waals surface area contributed by atoms with Crippen LogP contribution in [0.1, 0.15) is 80.4 Å². The molecule has 8 aromatic carbocycles. The van der Waals surface area contributed by atoms with Gasteiger partial charge in [-0.2, -0.15) is 0 Å². The minimum absolute atomic E-state index is 0.0282. The van der Waals surface area contributed by atoms with E-state index in [2.05, 4.69) is 0 Å². The van der Waals surface area contributed by atoms with Crippen LogP contribution in [0.4, 0.5) is 0 Å². The highest BCUT2D eigenvalue weighted by Crippen LogP contribution is 2.24. The molecule has 0 bridgehead atoms. The molecule has 0 heterocycles. The van der Waals surface area contributed by atoms with Crippen molar-refractivity contribution in [2.24, 2.45) is 0 Å². The topological polar surface area (TPSA) is 105 Å². The van der Waals surface area contributed by atoms with Crippen molar-refractivity contribution in [3.05, 3.63) is 255 Å². The lowest BCUT2D eigenvalue weighted by Crippen LogP contribution is -2.04. The smallest absolute Gasteiger partial charge is 0.193 e. The highest BCUT2D eigenvalue weighted by Gasteiger charge is 2.14. The quantitative estimate of drug-likeness (QED) is 0.105. The number of hydrogen-bond donors (Lipinski definition) is 0. The molecule has 0 radical (unpaired) electrons. The van der Waals surface area contributed by atoms with Crippen LogP contribution >= 0.6 is 0 Å². The molecule has 0 amide bonds. The van der Waals surface area contributed by atoms with Gasteiger partial charge in [0.1, 0.15) is 28.7 Å². The van der Waals surface area contributed by atoms with E-state index in [4.69, 9.17) is 18.9 Å². The zero-order valence-corrected chi connectivity index (χ0v) is 37.7. The summed E-state index contributed by atoms with van der Waals surface area (Å²) >= 11 is 0. The number of ketones is 4. The van der Waals surface area contributed by atoms with Gasteiger partial charge in [-0.05, 0) is 130 Å². The molecule has 0 unspecified atom stereocenters. The zero-order valence-electron chi connectivity index (χ0n) is 37.7. The van der Waals surface area contributed by atoms with Gasteiger partial charge < -0.3 is 18.9 Å². The monoisotopic (exact) mass is 874 g/mol. The molecule has 8 heteroatoms. The molecular weight excluding hydrogens is 825 g/mol. The van der Waals surface area contributed by atoms with Gasteiger partial charge in [0.2, 0.25) is 0 Å². The summed E-state index contributed by atoms with van der Waals surface area (Å²) in [4.78, 5) is 49.6. The molecule has 0 fully saturated rings. The summed E-state index contributed by atoms with van der Waals surface area (Å²) in [5.41, 5.74) is 8.41. The average Bonchev–Trinajstić information content (AvgIpc) is 3.37. The molecular formula is C58H50O8. The van der Waals surface area contributed by atoms with E-state index >= 15 is 0 Å². The van der Waals surface area contributed by atoms with Crippen LogP contribution in [0.15, 0.2) is 194 Å². The number of methoxy groups -OCH3 is 3. The van der Waals surface area contributed by atoms with Gasteiger partial charge in [0.25, 0.3) is 0 Å². The summed E-state index contributed by atoms with van der Waals surface area (Å²) in [5.74, 6) is 3.53. The van der Waals surface area contributed by atoms with Gasteiger partial charge in [0, 0.05) is 44.5 Å². The second-order valence-electron chi connectivity index (χ2n) is 15.3. The van der Waals surface area contributed by atoms with Gasteiger partial charge in [0.15, 0.2) is 23.1 Å². The van der Waals surface area contributed by atoms with Crippen LogP contribution in [-0.4, -0.2) is 44.5 Å². The average molecular weight is 875 g/mol. The SMILES string of the molecule is COc1ccc(C(=O)c2ccc(C(=O)c3ccc(C)cc3)cc2)cc1.COc1ccc(C(=O)c2ccc(C)cc2)cc1.COc1ccc(C(=O)c2ccc(Oc3ccc(C)cc3)cc2)cc1. The molecule has 0 atom stereocenters. The van der Waals surface area contributed by atoms with Crippen LogP contribution in [0.5, 0.6) is 28.7 Å². The third-order valence-electron chi connectivity index (χ3n) is 10.5. The third-order valence-corrected chi connectivity index (χ3v) is 10.5. The molecule has 0 spiro atoms. The van der Waals surface area contributed by atoms with Crippen LogP contribution < -0.4 is 18.9 Å². The summed E-state index contributed by atoms with van der Waals surface area (Å²) in [7, 11) is 4.79. The predicted octanol–water partition coefficient (Wildman–Crippen LogP) is 12.7. The fourth-order valence-electron chi connectivity index (χ4n) is 6.49. The van der Waals surface area contributed by atoms with Crippen LogP contribution in [0.3, 0.4) is 0 Å². The summed E-state index contributed by atoms with van der Waals surface area (Å²) in [5, 5.41) is 0. The molecule has 0 aliphatic heterocycles. The van der Waals surface area contributed by atoms with Crippen molar-refractivity contribution in [3.63, 3.8) is 0 Å². The van der Waals surface area contributed by atoms with Crippen LogP contribution in [0.2, 0.25) is 0 Å². The molecule has 330 valence electrons. The number of benzene rings is 8.